The van der Waals surface area contributed by atoms with Crippen LogP contribution < -0.4 is 5.32 Å². The Balaban J connectivity index is 1.39. The van der Waals surface area contributed by atoms with E-state index in [4.69, 9.17) is 13.7 Å². The highest BCUT2D eigenvalue weighted by molar-refractivity contribution is 5.70. The van der Waals surface area contributed by atoms with Crippen molar-refractivity contribution in [1.29, 1.82) is 0 Å². The van der Waals surface area contributed by atoms with Crippen molar-refractivity contribution in [3.8, 4) is 11.7 Å². The Bertz CT molecular complexity index is 683. The first kappa shape index (κ1) is 14.3. The normalized spacial score (nSPS) is 25.3. The summed E-state index contributed by atoms with van der Waals surface area (Å²) in [7, 11) is 0. The van der Waals surface area contributed by atoms with Crippen LogP contribution in [0.4, 0.5) is 4.79 Å². The molecule has 2 fully saturated rings. The summed E-state index contributed by atoms with van der Waals surface area (Å²) in [6.07, 6.45) is 3.93. The summed E-state index contributed by atoms with van der Waals surface area (Å²) in [6.45, 7) is 2.97. The Labute approximate surface area is 132 Å². The van der Waals surface area contributed by atoms with Crippen molar-refractivity contribution in [3.63, 3.8) is 0 Å². The van der Waals surface area contributed by atoms with Crippen LogP contribution in [-0.4, -0.2) is 46.4 Å². The number of furan rings is 1. The second-order valence-electron chi connectivity index (χ2n) is 6.05. The van der Waals surface area contributed by atoms with Gasteiger partial charge in [-0.15, -0.1) is 0 Å². The average Bonchev–Trinajstić information content (AvgIpc) is 3.23. The zero-order chi connectivity index (χ0) is 15.7. The summed E-state index contributed by atoms with van der Waals surface area (Å²) >= 11 is 0. The van der Waals surface area contributed by atoms with Crippen molar-refractivity contribution in [2.45, 2.75) is 31.4 Å². The predicted octanol–water partition coefficient (Wildman–Crippen LogP) is 1.79. The molecule has 1 unspecified atom stereocenters. The molecule has 8 heteroatoms. The van der Waals surface area contributed by atoms with Gasteiger partial charge in [-0.05, 0) is 31.5 Å². The molecule has 122 valence electrons. The van der Waals surface area contributed by atoms with Crippen molar-refractivity contribution in [3.05, 3.63) is 24.2 Å². The van der Waals surface area contributed by atoms with Gasteiger partial charge in [-0.25, -0.2) is 4.79 Å². The molecule has 23 heavy (non-hydrogen) atoms. The van der Waals surface area contributed by atoms with E-state index < -0.39 is 0 Å². The molecule has 2 aliphatic rings. The molecular weight excluding hydrogens is 300 g/mol. The molecular formula is C15H18N4O4. The number of amides is 1. The molecule has 0 bridgehead atoms. The van der Waals surface area contributed by atoms with E-state index in [0.29, 0.717) is 30.6 Å². The third-order valence-electron chi connectivity index (χ3n) is 4.42. The minimum atomic E-state index is -0.345. The molecule has 1 amide bonds. The lowest BCUT2D eigenvalue weighted by molar-refractivity contribution is 0.0442. The van der Waals surface area contributed by atoms with Gasteiger partial charge in [0, 0.05) is 13.0 Å². The molecule has 8 nitrogen and oxygen atoms in total. The number of likely N-dealkylation sites (tertiary alicyclic amines) is 1. The number of carbonyl (C=O) groups is 1. The Kier molecular flexibility index (Phi) is 3.53. The quantitative estimate of drug-likeness (QED) is 0.922. The van der Waals surface area contributed by atoms with Gasteiger partial charge in [-0.3, -0.25) is 4.90 Å². The van der Waals surface area contributed by atoms with Crippen LogP contribution in [0.3, 0.4) is 0 Å². The number of nitrogens with one attached hydrogen (secondary N) is 1. The van der Waals surface area contributed by atoms with E-state index in [1.807, 2.05) is 0 Å². The number of rotatable bonds is 3. The Hall–Kier alpha value is -2.35. The topological polar surface area (TPSA) is 93.6 Å². The average molecular weight is 318 g/mol. The van der Waals surface area contributed by atoms with E-state index in [-0.39, 0.29) is 11.7 Å². The van der Waals surface area contributed by atoms with Gasteiger partial charge >= 0.3 is 6.09 Å². The van der Waals surface area contributed by atoms with Gasteiger partial charge < -0.3 is 19.0 Å². The summed E-state index contributed by atoms with van der Waals surface area (Å²) in [5.74, 6) is 1.60. The summed E-state index contributed by atoms with van der Waals surface area (Å²) in [5, 5.41) is 6.77. The summed E-state index contributed by atoms with van der Waals surface area (Å²) in [4.78, 5) is 18.0. The lowest BCUT2D eigenvalue weighted by Crippen LogP contribution is -2.34. The van der Waals surface area contributed by atoms with E-state index in [2.05, 4.69) is 20.4 Å². The van der Waals surface area contributed by atoms with Crippen molar-refractivity contribution in [1.82, 2.24) is 20.4 Å². The smallest absolute Gasteiger partial charge is 0.407 e. The molecule has 0 aliphatic carbocycles. The molecule has 2 aromatic heterocycles. The largest absolute Gasteiger partial charge is 0.459 e. The van der Waals surface area contributed by atoms with Crippen molar-refractivity contribution < 1.29 is 18.5 Å². The maximum absolute atomic E-state index is 11.3. The maximum atomic E-state index is 11.3. The minimum Gasteiger partial charge on any atom is -0.459 e. The summed E-state index contributed by atoms with van der Waals surface area (Å²) in [5.41, 5.74) is -0.345. The van der Waals surface area contributed by atoms with Crippen LogP contribution in [0.1, 0.15) is 25.1 Å². The minimum absolute atomic E-state index is 0.306. The summed E-state index contributed by atoms with van der Waals surface area (Å²) < 4.78 is 16.0. The summed E-state index contributed by atoms with van der Waals surface area (Å²) in [6, 6.07) is 3.57. The van der Waals surface area contributed by atoms with Gasteiger partial charge in [0.2, 0.25) is 0 Å². The molecule has 0 radical (unpaired) electrons. The van der Waals surface area contributed by atoms with E-state index in [9.17, 15) is 4.79 Å². The SMILES string of the molecule is O=C1NCC2(CCCN(Cc3noc(-c4ccco4)n3)CC2)O1. The first-order chi connectivity index (χ1) is 11.2. The zero-order valence-corrected chi connectivity index (χ0v) is 12.7. The molecule has 2 aromatic rings. The van der Waals surface area contributed by atoms with E-state index in [0.717, 1.165) is 32.4 Å². The molecule has 0 aromatic carbocycles. The van der Waals surface area contributed by atoms with Crippen molar-refractivity contribution in [2.24, 2.45) is 0 Å². The van der Waals surface area contributed by atoms with Gasteiger partial charge in [0.15, 0.2) is 11.6 Å². The number of aromatic nitrogens is 2. The highest BCUT2D eigenvalue weighted by Gasteiger charge is 2.41. The second kappa shape index (κ2) is 5.69. The van der Waals surface area contributed by atoms with Crippen LogP contribution >= 0.6 is 0 Å². The Morgan fingerprint density at radius 3 is 3.09 bits per heavy atom. The molecule has 2 aliphatic heterocycles. The highest BCUT2D eigenvalue weighted by Crippen LogP contribution is 2.29. The Morgan fingerprint density at radius 1 is 1.35 bits per heavy atom. The van der Waals surface area contributed by atoms with Crippen LogP contribution in [0, 0.1) is 0 Å². The molecule has 1 N–H and O–H groups in total. The first-order valence-corrected chi connectivity index (χ1v) is 7.78. The molecule has 1 spiro atoms. The van der Waals surface area contributed by atoms with Crippen LogP contribution in [0.2, 0.25) is 0 Å². The molecule has 2 saturated heterocycles. The fraction of sp³-hybridized carbons (Fsp3) is 0.533. The maximum Gasteiger partial charge on any atom is 0.407 e. The van der Waals surface area contributed by atoms with Crippen LogP contribution in [-0.2, 0) is 11.3 Å². The first-order valence-electron chi connectivity index (χ1n) is 7.78. The monoisotopic (exact) mass is 318 g/mol. The van der Waals surface area contributed by atoms with Crippen LogP contribution in [0.25, 0.3) is 11.7 Å². The van der Waals surface area contributed by atoms with Gasteiger partial charge in [-0.1, -0.05) is 5.16 Å². The fourth-order valence-corrected chi connectivity index (χ4v) is 3.18. The van der Waals surface area contributed by atoms with E-state index in [1.54, 1.807) is 18.4 Å². The third kappa shape index (κ3) is 2.94. The predicted molar refractivity (Wildman–Crippen MR) is 78.3 cm³/mol. The standard InChI is InChI=1S/C15H18N4O4/c20-14-16-10-15(22-14)4-2-6-19(7-5-15)9-12-17-13(23-18-12)11-3-1-8-21-11/h1,3,8H,2,4-7,9-10H2,(H,16,20). The van der Waals surface area contributed by atoms with Crippen LogP contribution in [0.15, 0.2) is 27.3 Å². The number of nitrogens with zero attached hydrogens (tertiary/aromatic N) is 3. The number of ether oxygens (including phenoxy) is 1. The molecule has 0 saturated carbocycles. The van der Waals surface area contributed by atoms with Crippen molar-refractivity contribution in [2.75, 3.05) is 19.6 Å². The Morgan fingerprint density at radius 2 is 2.30 bits per heavy atom. The van der Waals surface area contributed by atoms with Gasteiger partial charge in [0.05, 0.1) is 19.4 Å². The van der Waals surface area contributed by atoms with Gasteiger partial charge in [0.25, 0.3) is 5.89 Å². The van der Waals surface area contributed by atoms with Gasteiger partial charge in [-0.2, -0.15) is 4.98 Å². The third-order valence-corrected chi connectivity index (χ3v) is 4.42. The van der Waals surface area contributed by atoms with Crippen LogP contribution in [0.5, 0.6) is 0 Å². The number of hydrogen-bond acceptors (Lipinski definition) is 7. The molecule has 4 heterocycles. The van der Waals surface area contributed by atoms with E-state index in [1.165, 1.54) is 0 Å². The molecule has 1 atom stereocenters. The lowest BCUT2D eigenvalue weighted by atomic mass is 9.95. The second-order valence-corrected chi connectivity index (χ2v) is 6.05. The number of alkyl carbamates (subject to hydrolysis) is 1. The van der Waals surface area contributed by atoms with E-state index >= 15 is 0 Å². The lowest BCUT2D eigenvalue weighted by Gasteiger charge is -2.24. The van der Waals surface area contributed by atoms with Gasteiger partial charge in [0.1, 0.15) is 5.60 Å². The fourth-order valence-electron chi connectivity index (χ4n) is 3.18. The highest BCUT2D eigenvalue weighted by atomic mass is 16.6. The number of hydrogen-bond donors (Lipinski definition) is 1. The number of carbonyl (C=O) groups excluding carboxylic acids is 1. The van der Waals surface area contributed by atoms with Crippen molar-refractivity contribution >= 4 is 6.09 Å². The molecule has 4 rings (SSSR count). The zero-order valence-electron chi connectivity index (χ0n) is 12.7.